The summed E-state index contributed by atoms with van der Waals surface area (Å²) in [5.41, 5.74) is -0.472. The van der Waals surface area contributed by atoms with Crippen molar-refractivity contribution in [3.8, 4) is 0 Å². The molecule has 2 unspecified atom stereocenters. The molecule has 0 aliphatic rings. The van der Waals surface area contributed by atoms with Crippen molar-refractivity contribution in [2.45, 2.75) is 12.5 Å². The molecule has 0 heterocycles. The van der Waals surface area contributed by atoms with Crippen LogP contribution in [-0.2, 0) is 28.8 Å². The minimum Gasteiger partial charge on any atom is -0.549 e. The van der Waals surface area contributed by atoms with E-state index in [2.05, 4.69) is 26.6 Å². The van der Waals surface area contributed by atoms with Gasteiger partial charge in [-0.15, -0.1) is 0 Å². The smallest absolute Gasteiger partial charge is 0.549 e. The van der Waals surface area contributed by atoms with E-state index in [4.69, 9.17) is 10.2 Å². The molecule has 24 nitrogen and oxygen atoms in total. The molecular weight excluding hydrogens is 1250 g/mol. The molecule has 319 valence electrons. The van der Waals surface area contributed by atoms with Gasteiger partial charge in [-0.05, 0) is 67.8 Å². The van der Waals surface area contributed by atoms with Gasteiger partial charge < -0.3 is 76.5 Å². The van der Waals surface area contributed by atoms with Crippen molar-refractivity contribution in [2.75, 3.05) is 90.6 Å². The number of amides is 4. The maximum atomic E-state index is 13.0. The summed E-state index contributed by atoms with van der Waals surface area (Å²) >= 11 is 5.06. The summed E-state index contributed by atoms with van der Waals surface area (Å²) in [5.74, 6) is -9.41. The van der Waals surface area contributed by atoms with Gasteiger partial charge in [-0.25, -0.2) is 0 Å². The van der Waals surface area contributed by atoms with Gasteiger partial charge in [-0.1, -0.05) is 0 Å². The molecular formula is C29H38GdI3N8O16. The number of rotatable bonds is 27. The number of anilines is 1. The van der Waals surface area contributed by atoms with Crippen LogP contribution in [0.3, 0.4) is 0 Å². The first-order valence-electron chi connectivity index (χ1n) is 15.9. The molecule has 1 aromatic carbocycles. The van der Waals surface area contributed by atoms with E-state index in [9.17, 15) is 69.0 Å². The van der Waals surface area contributed by atoms with Crippen LogP contribution < -0.4 is 41.9 Å². The predicted octanol–water partition coefficient (Wildman–Crippen LogP) is -8.58. The van der Waals surface area contributed by atoms with Gasteiger partial charge in [0.1, 0.15) is 12.5 Å². The van der Waals surface area contributed by atoms with Crippen molar-refractivity contribution in [1.29, 1.82) is 0 Å². The van der Waals surface area contributed by atoms with Gasteiger partial charge in [0, 0.05) is 56.1 Å². The molecule has 0 fully saturated rings. The van der Waals surface area contributed by atoms with E-state index in [-0.39, 0.29) is 100 Å². The van der Waals surface area contributed by atoms with Crippen molar-refractivity contribution in [1.82, 2.24) is 36.0 Å². The fourth-order valence-electron chi connectivity index (χ4n) is 4.47. The number of nitrogens with zero attached hydrogens (tertiary/aromatic N) is 3. The first-order valence-corrected chi connectivity index (χ1v) is 19.1. The predicted molar refractivity (Wildman–Crippen MR) is 207 cm³/mol. The van der Waals surface area contributed by atoms with E-state index in [0.717, 1.165) is 4.90 Å². The molecule has 28 heteroatoms. The van der Waals surface area contributed by atoms with Gasteiger partial charge in [-0.3, -0.25) is 44.0 Å². The maximum Gasteiger partial charge on any atom is 3.00 e. The monoisotopic (exact) mass is 1290 g/mol. The topological polar surface area (TPSA) is 377 Å². The molecule has 10 N–H and O–H groups in total. The Morgan fingerprint density at radius 3 is 1.46 bits per heavy atom. The summed E-state index contributed by atoms with van der Waals surface area (Å²) in [6.07, 6.45) is -3.36. The number of nitrogens with one attached hydrogen (secondary N) is 5. The van der Waals surface area contributed by atoms with Crippen molar-refractivity contribution in [2.24, 2.45) is 0 Å². The third kappa shape index (κ3) is 21.3. The third-order valence-corrected chi connectivity index (χ3v) is 10.2. The Labute approximate surface area is 396 Å². The number of halogens is 3. The van der Waals surface area contributed by atoms with Crippen LogP contribution in [0.25, 0.3) is 0 Å². The molecule has 0 spiro atoms. The Kier molecular flexibility index (Phi) is 27.7. The molecule has 0 aliphatic carbocycles. The number of carboxylic acid groups (broad SMARTS) is 4. The van der Waals surface area contributed by atoms with E-state index in [1.54, 1.807) is 67.8 Å². The minimum atomic E-state index is -1.68. The molecule has 0 aromatic heterocycles. The average Bonchev–Trinajstić information content (AvgIpc) is 3.08. The number of carbonyl (C=O) groups excluding carboxylic acids is 7. The van der Waals surface area contributed by atoms with E-state index in [0.29, 0.717) is 0 Å². The second kappa shape index (κ2) is 28.6. The maximum absolute atomic E-state index is 13.0. The summed E-state index contributed by atoms with van der Waals surface area (Å²) in [6.45, 7) is -6.35. The van der Waals surface area contributed by atoms with Crippen LogP contribution in [-0.4, -0.2) is 186 Å². The number of hydrogen-bond donors (Lipinski definition) is 10. The number of hydrogen-bond acceptors (Lipinski definition) is 19. The number of aliphatic hydroxyl groups is 4. The Bertz CT molecular complexity index is 1550. The largest absolute Gasteiger partial charge is 3.00 e. The summed E-state index contributed by atoms with van der Waals surface area (Å²) in [4.78, 5) is 99.6. The molecule has 57 heavy (non-hydrogen) atoms. The van der Waals surface area contributed by atoms with E-state index < -0.39 is 112 Å². The van der Waals surface area contributed by atoms with E-state index in [1.165, 1.54) is 9.80 Å². The van der Waals surface area contributed by atoms with Crippen LogP contribution in [0.1, 0.15) is 20.7 Å². The second-order valence-corrected chi connectivity index (χ2v) is 14.6. The fourth-order valence-corrected chi connectivity index (χ4v) is 8.88. The number of carboxylic acids is 4. The zero-order chi connectivity index (χ0) is 42.7. The Hall–Kier alpha value is -1.83. The average molecular weight is 1290 g/mol. The van der Waals surface area contributed by atoms with Crippen LogP contribution >= 0.6 is 67.8 Å². The standard InChI is InChI=1S/C29H41I3N8O16.Gd/c30-24-22(28(55)36-16(45)11-41)25(31)27(26(32)23(24)29(56)37-17(46)12-42)35-15(44)6-34-14(43)5-33-13-40(10-21(53)54)4-2-38(7-18(47)48)1-3-39(8-19(49)50)9-20(51)52;/h16-17,33,41-42,45-46H,1-13H2,(H,34,43)(H,35,44)(H,36,55)(H,37,56)(H,47,48)(H,49,50)(H,51,52)(H,53,54);/q;+3/p-3. The van der Waals surface area contributed by atoms with Crippen LogP contribution in [0.2, 0.25) is 0 Å². The molecule has 0 aliphatic heterocycles. The van der Waals surface area contributed by atoms with Crippen LogP contribution in [0, 0.1) is 50.7 Å². The van der Waals surface area contributed by atoms with E-state index in [1.807, 2.05) is 0 Å². The van der Waals surface area contributed by atoms with Crippen molar-refractivity contribution in [3.05, 3.63) is 21.8 Å². The second-order valence-electron chi connectivity index (χ2n) is 11.4. The summed E-state index contributed by atoms with van der Waals surface area (Å²) in [5, 5.41) is 92.0. The zero-order valence-electron chi connectivity index (χ0n) is 29.4. The summed E-state index contributed by atoms with van der Waals surface area (Å²) in [7, 11) is 0. The molecule has 1 aromatic rings. The number of benzene rings is 1. The Morgan fingerprint density at radius 2 is 1.04 bits per heavy atom. The first-order chi connectivity index (χ1) is 26.2. The molecule has 0 bridgehead atoms. The van der Waals surface area contributed by atoms with Crippen molar-refractivity contribution in [3.63, 3.8) is 0 Å². The number of aliphatic carboxylic acids is 4. The molecule has 0 saturated heterocycles. The molecule has 2 atom stereocenters. The molecule has 4 amide bonds. The normalized spacial score (nSPS) is 12.0. The van der Waals surface area contributed by atoms with Gasteiger partial charge >= 0.3 is 45.9 Å². The molecule has 1 rings (SSSR count). The summed E-state index contributed by atoms with van der Waals surface area (Å²) < 4.78 is 0.198. The number of aliphatic hydroxyl groups excluding tert-OH is 4. The van der Waals surface area contributed by atoms with Crippen LogP contribution in [0.5, 0.6) is 0 Å². The van der Waals surface area contributed by atoms with Gasteiger partial charge in [-0.2, -0.15) is 0 Å². The van der Waals surface area contributed by atoms with Crippen molar-refractivity contribution >= 4 is 121 Å². The van der Waals surface area contributed by atoms with Crippen LogP contribution in [0.4, 0.5) is 5.69 Å². The quantitative estimate of drug-likeness (QED) is 0.0289. The number of carbonyl (C=O) groups is 8. The van der Waals surface area contributed by atoms with Gasteiger partial charge in [0.25, 0.3) is 11.8 Å². The van der Waals surface area contributed by atoms with Crippen LogP contribution in [0.15, 0.2) is 0 Å². The Morgan fingerprint density at radius 1 is 0.614 bits per heavy atom. The van der Waals surface area contributed by atoms with Crippen molar-refractivity contribution < 1.29 is 119 Å². The molecule has 1 radical (unpaired) electrons. The first kappa shape index (κ1) is 55.2. The van der Waals surface area contributed by atoms with Gasteiger partial charge in [0.05, 0.1) is 74.7 Å². The SMILES string of the molecule is O=C([O-])CN(CCN(CC(=O)[O-])CC(=O)[O-])CCN(CNCC(=O)NCC(=O)Nc1c(I)c(C(=O)NC(O)CO)c(I)c(C(=O)NC(O)CO)c1I)CC(=O)O.[Gd+3]. The van der Waals surface area contributed by atoms with Gasteiger partial charge in [0.2, 0.25) is 11.8 Å². The molecule has 0 saturated carbocycles. The minimum absolute atomic E-state index is 0. The Balaban J connectivity index is 0.0000314. The third-order valence-electron chi connectivity index (χ3n) is 6.93. The summed E-state index contributed by atoms with van der Waals surface area (Å²) in [6, 6.07) is 0. The zero-order valence-corrected chi connectivity index (χ0v) is 38.1. The fraction of sp³-hybridized carbons (Fsp3) is 0.517. The van der Waals surface area contributed by atoms with E-state index >= 15 is 0 Å². The van der Waals surface area contributed by atoms with Gasteiger partial charge in [0.15, 0.2) is 0 Å².